The summed E-state index contributed by atoms with van der Waals surface area (Å²) >= 11 is 0. The highest BCUT2D eigenvalue weighted by Crippen LogP contribution is 2.38. The Morgan fingerprint density at radius 1 is 1.00 bits per heavy atom. The van der Waals surface area contributed by atoms with Crippen molar-refractivity contribution in [1.29, 1.82) is 5.41 Å². The Kier molecular flexibility index (Phi) is 10.5. The van der Waals surface area contributed by atoms with Gasteiger partial charge in [-0.15, -0.1) is 0 Å². The minimum absolute atomic E-state index is 0.0605. The molecule has 0 amide bonds. The van der Waals surface area contributed by atoms with Gasteiger partial charge in [0.1, 0.15) is 0 Å². The van der Waals surface area contributed by atoms with Gasteiger partial charge in [0.15, 0.2) is 0 Å². The molecule has 0 aliphatic carbocycles. The lowest BCUT2D eigenvalue weighted by Gasteiger charge is -2.38. The van der Waals surface area contributed by atoms with Crippen molar-refractivity contribution in [1.82, 2.24) is 0 Å². The molecule has 0 aromatic heterocycles. The predicted octanol–water partition coefficient (Wildman–Crippen LogP) is 2.74. The third-order valence-corrected chi connectivity index (χ3v) is 5.76. The van der Waals surface area contributed by atoms with Gasteiger partial charge in [-0.1, -0.05) is 20.8 Å². The van der Waals surface area contributed by atoms with Crippen LogP contribution in [0.5, 0.6) is 0 Å². The monoisotopic (exact) mass is 263 g/mol. The van der Waals surface area contributed by atoms with Crippen LogP contribution in [0.4, 0.5) is 0 Å². The van der Waals surface area contributed by atoms with Crippen molar-refractivity contribution in [2.45, 2.75) is 46.6 Å². The fraction of sp³-hybridized carbons (Fsp3) is 0.909. The Labute approximate surface area is 105 Å². The van der Waals surface area contributed by atoms with Gasteiger partial charge in [0.05, 0.1) is 0 Å². The molecule has 0 saturated heterocycles. The molecule has 6 heteroatoms. The minimum atomic E-state index is -2.50. The molecule has 0 atom stereocenters. The second-order valence-electron chi connectivity index (χ2n) is 4.21. The van der Waals surface area contributed by atoms with Crippen molar-refractivity contribution in [3.63, 3.8) is 0 Å². The summed E-state index contributed by atoms with van der Waals surface area (Å²) in [5, 5.41) is 5.34. The third-order valence-electron chi connectivity index (χ3n) is 1.92. The minimum Gasteiger partial charge on any atom is -0.373 e. The highest BCUT2D eigenvalue weighted by Gasteiger charge is 2.52. The first kappa shape index (κ1) is 18.8. The van der Waals surface area contributed by atoms with Crippen LogP contribution in [-0.2, 0) is 18.1 Å². The first-order valence-electron chi connectivity index (χ1n) is 5.80. The van der Waals surface area contributed by atoms with Gasteiger partial charge in [-0.25, -0.2) is 10.2 Å². The molecule has 0 bridgehead atoms. The normalized spacial score (nSPS) is 11.4. The molecule has 5 nitrogen and oxygen atoms in total. The molecule has 0 spiro atoms. The number of hydrogen-bond acceptors (Lipinski definition) is 5. The Morgan fingerprint density at radius 3 is 1.35 bits per heavy atom. The molecular formula is C11H25NO4Si. The van der Waals surface area contributed by atoms with Gasteiger partial charge in [-0.05, 0) is 20.8 Å². The maximum absolute atomic E-state index is 8.35. The van der Waals surface area contributed by atoms with E-state index in [0.717, 1.165) is 6.08 Å². The predicted molar refractivity (Wildman–Crippen MR) is 68.8 cm³/mol. The average molecular weight is 263 g/mol. The molecule has 0 aromatic rings. The van der Waals surface area contributed by atoms with Crippen LogP contribution in [0.3, 0.4) is 0 Å². The Balaban J connectivity index is 0. The second-order valence-corrected chi connectivity index (χ2v) is 7.69. The van der Waals surface area contributed by atoms with Gasteiger partial charge in [-0.3, -0.25) is 0 Å². The van der Waals surface area contributed by atoms with Gasteiger partial charge >= 0.3 is 8.80 Å². The summed E-state index contributed by atoms with van der Waals surface area (Å²) < 4.78 is 17.3. The standard InChI is InChI=1S/C10H24O3Si.CHNO/c1-7-11-14(12-8-2,13-9-3)10(4,5)6;2-1-3/h7-9H2,1-6H3;2H. The van der Waals surface area contributed by atoms with E-state index in [1.807, 2.05) is 20.8 Å². The number of isocyanates is 1. The fourth-order valence-corrected chi connectivity index (χ4v) is 4.03. The fourth-order valence-electron chi connectivity index (χ4n) is 1.34. The van der Waals surface area contributed by atoms with Crippen molar-refractivity contribution in [2.75, 3.05) is 19.8 Å². The van der Waals surface area contributed by atoms with Crippen LogP contribution in [-0.4, -0.2) is 34.7 Å². The van der Waals surface area contributed by atoms with E-state index < -0.39 is 8.80 Å². The van der Waals surface area contributed by atoms with E-state index in [1.54, 1.807) is 0 Å². The first-order valence-corrected chi connectivity index (χ1v) is 7.53. The Bertz CT molecular complexity index is 205. The molecule has 0 heterocycles. The van der Waals surface area contributed by atoms with Crippen LogP contribution in [0.25, 0.3) is 0 Å². The van der Waals surface area contributed by atoms with Crippen LogP contribution in [0.15, 0.2) is 0 Å². The van der Waals surface area contributed by atoms with Crippen molar-refractivity contribution < 1.29 is 18.1 Å². The lowest BCUT2D eigenvalue weighted by atomic mass is 10.3. The molecule has 0 saturated carbocycles. The summed E-state index contributed by atoms with van der Waals surface area (Å²) in [4.78, 5) is 8.35. The average Bonchev–Trinajstić information content (AvgIpc) is 2.18. The maximum Gasteiger partial charge on any atom is 0.506 e. The van der Waals surface area contributed by atoms with E-state index in [2.05, 4.69) is 20.8 Å². The summed E-state index contributed by atoms with van der Waals surface area (Å²) in [6.45, 7) is 14.2. The van der Waals surface area contributed by atoms with E-state index in [0.29, 0.717) is 19.8 Å². The zero-order valence-corrected chi connectivity index (χ0v) is 12.8. The van der Waals surface area contributed by atoms with E-state index >= 15 is 0 Å². The number of hydrogen-bond donors (Lipinski definition) is 1. The first-order chi connectivity index (χ1) is 7.85. The largest absolute Gasteiger partial charge is 0.506 e. The van der Waals surface area contributed by atoms with Crippen molar-refractivity contribution >= 4 is 14.9 Å². The maximum atomic E-state index is 8.35. The molecule has 0 aromatic carbocycles. The van der Waals surface area contributed by atoms with E-state index in [1.165, 1.54) is 0 Å². The van der Waals surface area contributed by atoms with Gasteiger partial charge in [0, 0.05) is 24.9 Å². The highest BCUT2D eigenvalue weighted by atomic mass is 28.4. The SMILES string of the molecule is CCO[Si](OCC)(OCC)C(C)(C)C.N=C=O. The zero-order chi connectivity index (χ0) is 13.9. The van der Waals surface area contributed by atoms with E-state index in [4.69, 9.17) is 23.5 Å². The molecule has 0 fully saturated rings. The Hall–Kier alpha value is -0.523. The topological polar surface area (TPSA) is 68.6 Å². The molecule has 0 aliphatic rings. The number of carbonyl (C=O) groups excluding carboxylic acids is 1. The number of rotatable bonds is 6. The summed E-state index contributed by atoms with van der Waals surface area (Å²) in [5.74, 6) is 0. The van der Waals surface area contributed by atoms with Gasteiger partial charge in [0.2, 0.25) is 6.08 Å². The lowest BCUT2D eigenvalue weighted by Crippen LogP contribution is -2.53. The van der Waals surface area contributed by atoms with E-state index in [9.17, 15) is 0 Å². The summed E-state index contributed by atoms with van der Waals surface area (Å²) in [6, 6.07) is 0. The second kappa shape index (κ2) is 9.50. The van der Waals surface area contributed by atoms with Crippen molar-refractivity contribution in [3.05, 3.63) is 0 Å². The summed E-state index contributed by atoms with van der Waals surface area (Å²) in [6.07, 6.45) is 0.750. The molecule has 17 heavy (non-hydrogen) atoms. The highest BCUT2D eigenvalue weighted by molar-refractivity contribution is 6.64. The van der Waals surface area contributed by atoms with Gasteiger partial charge < -0.3 is 13.3 Å². The molecular weight excluding hydrogens is 238 g/mol. The van der Waals surface area contributed by atoms with Gasteiger partial charge in [0.25, 0.3) is 0 Å². The van der Waals surface area contributed by atoms with Crippen LogP contribution >= 0.6 is 0 Å². The smallest absolute Gasteiger partial charge is 0.373 e. The summed E-state index contributed by atoms with van der Waals surface area (Å²) in [7, 11) is -2.50. The molecule has 0 rings (SSSR count). The van der Waals surface area contributed by atoms with Crippen molar-refractivity contribution in [3.8, 4) is 0 Å². The zero-order valence-electron chi connectivity index (χ0n) is 11.8. The molecule has 102 valence electrons. The number of nitrogens with one attached hydrogen (secondary N) is 1. The molecule has 0 aliphatic heterocycles. The van der Waals surface area contributed by atoms with Crippen LogP contribution in [0, 0.1) is 5.41 Å². The molecule has 0 unspecified atom stereocenters. The molecule has 0 radical (unpaired) electrons. The van der Waals surface area contributed by atoms with Crippen LogP contribution in [0.1, 0.15) is 41.5 Å². The third kappa shape index (κ3) is 6.70. The van der Waals surface area contributed by atoms with Crippen LogP contribution < -0.4 is 0 Å². The molecule has 1 N–H and O–H groups in total. The lowest BCUT2D eigenvalue weighted by molar-refractivity contribution is 0.0508. The van der Waals surface area contributed by atoms with Crippen LogP contribution in [0.2, 0.25) is 5.04 Å². The van der Waals surface area contributed by atoms with Crippen molar-refractivity contribution in [2.24, 2.45) is 0 Å². The van der Waals surface area contributed by atoms with Gasteiger partial charge in [-0.2, -0.15) is 0 Å². The Morgan fingerprint density at radius 2 is 1.24 bits per heavy atom. The quantitative estimate of drug-likeness (QED) is 0.454. The van der Waals surface area contributed by atoms with E-state index in [-0.39, 0.29) is 5.04 Å². The summed E-state index contributed by atoms with van der Waals surface area (Å²) in [5.41, 5.74) is 0.